The number of nitrogens with one attached hydrogen (secondary N) is 1. The minimum absolute atomic E-state index is 0.00256. The van der Waals surface area contributed by atoms with E-state index >= 15 is 0 Å². The molecular formula is C14H15N3O2. The van der Waals surface area contributed by atoms with E-state index in [1.807, 2.05) is 30.3 Å². The number of aromatic nitrogens is 1. The fourth-order valence-corrected chi connectivity index (χ4v) is 1.84. The van der Waals surface area contributed by atoms with E-state index in [0.717, 1.165) is 0 Å². The maximum Gasteiger partial charge on any atom is 0.310 e. The smallest absolute Gasteiger partial charge is 0.310 e. The van der Waals surface area contributed by atoms with Gasteiger partial charge in [-0.05, 0) is 17.5 Å². The lowest BCUT2D eigenvalue weighted by Crippen LogP contribution is -2.11. The molecule has 1 heterocycles. The summed E-state index contributed by atoms with van der Waals surface area (Å²) in [5.74, 6) is 0.272. The van der Waals surface area contributed by atoms with Crippen LogP contribution in [0.1, 0.15) is 18.4 Å². The zero-order valence-electron chi connectivity index (χ0n) is 10.6. The van der Waals surface area contributed by atoms with Gasteiger partial charge in [0.15, 0.2) is 0 Å². The Morgan fingerprint density at radius 2 is 2.05 bits per heavy atom. The number of rotatable bonds is 5. The summed E-state index contributed by atoms with van der Waals surface area (Å²) in [5, 5.41) is 14.0. The Bertz CT molecular complexity index is 558. The van der Waals surface area contributed by atoms with Gasteiger partial charge < -0.3 is 5.32 Å². The van der Waals surface area contributed by atoms with Crippen LogP contribution in [0.2, 0.25) is 0 Å². The summed E-state index contributed by atoms with van der Waals surface area (Å²) in [5.41, 5.74) is 1.71. The predicted molar refractivity (Wildman–Crippen MR) is 74.2 cm³/mol. The van der Waals surface area contributed by atoms with Crippen molar-refractivity contribution < 1.29 is 4.92 Å². The molecule has 0 bridgehead atoms. The van der Waals surface area contributed by atoms with Gasteiger partial charge in [-0.1, -0.05) is 37.3 Å². The van der Waals surface area contributed by atoms with Crippen LogP contribution in [0, 0.1) is 10.1 Å². The first-order valence-corrected chi connectivity index (χ1v) is 6.05. The summed E-state index contributed by atoms with van der Waals surface area (Å²) in [7, 11) is 0. The Morgan fingerprint density at radius 3 is 2.74 bits per heavy atom. The summed E-state index contributed by atoms with van der Waals surface area (Å²) < 4.78 is 0. The first-order chi connectivity index (χ1) is 9.18. The topological polar surface area (TPSA) is 68.1 Å². The zero-order valence-corrected chi connectivity index (χ0v) is 10.6. The number of pyridine rings is 1. The van der Waals surface area contributed by atoms with Crippen molar-refractivity contribution in [3.8, 4) is 0 Å². The van der Waals surface area contributed by atoms with Crippen LogP contribution in [0.25, 0.3) is 0 Å². The fourth-order valence-electron chi connectivity index (χ4n) is 1.84. The van der Waals surface area contributed by atoms with E-state index in [1.54, 1.807) is 12.3 Å². The van der Waals surface area contributed by atoms with Gasteiger partial charge >= 0.3 is 5.69 Å². The minimum Gasteiger partial charge on any atom is -0.379 e. The number of hydrogen-bond acceptors (Lipinski definition) is 4. The van der Waals surface area contributed by atoms with Crippen molar-refractivity contribution in [2.75, 3.05) is 11.9 Å². The maximum atomic E-state index is 10.9. The van der Waals surface area contributed by atoms with Crippen LogP contribution in [0.3, 0.4) is 0 Å². The summed E-state index contributed by atoms with van der Waals surface area (Å²) in [6.07, 6.45) is 2.80. The monoisotopic (exact) mass is 257 g/mol. The highest BCUT2D eigenvalue weighted by Gasteiger charge is 2.14. The van der Waals surface area contributed by atoms with E-state index in [1.165, 1.54) is 11.8 Å². The molecule has 0 saturated carbocycles. The molecule has 0 aliphatic rings. The summed E-state index contributed by atoms with van der Waals surface area (Å²) >= 11 is 0. The Kier molecular flexibility index (Phi) is 4.07. The Balaban J connectivity index is 2.05. The van der Waals surface area contributed by atoms with Gasteiger partial charge in [0.05, 0.1) is 4.92 Å². The van der Waals surface area contributed by atoms with Crippen molar-refractivity contribution in [1.82, 2.24) is 4.98 Å². The Morgan fingerprint density at radius 1 is 1.32 bits per heavy atom. The molecule has 19 heavy (non-hydrogen) atoms. The lowest BCUT2D eigenvalue weighted by molar-refractivity contribution is -0.384. The number of nitrogens with zero attached hydrogens (tertiary/aromatic N) is 2. The lowest BCUT2D eigenvalue weighted by Gasteiger charge is -2.13. The summed E-state index contributed by atoms with van der Waals surface area (Å²) in [6.45, 7) is 2.71. The van der Waals surface area contributed by atoms with E-state index in [2.05, 4.69) is 17.2 Å². The highest BCUT2D eigenvalue weighted by Crippen LogP contribution is 2.23. The number of nitro groups is 1. The second-order valence-corrected chi connectivity index (χ2v) is 4.34. The molecule has 2 rings (SSSR count). The minimum atomic E-state index is -0.428. The molecule has 1 unspecified atom stereocenters. The van der Waals surface area contributed by atoms with Gasteiger partial charge in [0.1, 0.15) is 11.9 Å². The fraction of sp³-hybridized carbons (Fsp3) is 0.214. The standard InChI is InChI=1S/C14H15N3O2/c1-11(12-5-3-2-4-6-12)9-16-13-7-8-15-10-14(13)17(18)19/h2-8,10-11H,9H2,1H3,(H,15,16). The average molecular weight is 257 g/mol. The Hall–Kier alpha value is -2.43. The predicted octanol–water partition coefficient (Wildman–Crippen LogP) is 3.21. The van der Waals surface area contributed by atoms with Gasteiger partial charge in [-0.25, -0.2) is 0 Å². The largest absolute Gasteiger partial charge is 0.379 e. The van der Waals surface area contributed by atoms with Gasteiger partial charge in [0.25, 0.3) is 0 Å². The van der Waals surface area contributed by atoms with Crippen molar-refractivity contribution in [2.45, 2.75) is 12.8 Å². The molecule has 1 N–H and O–H groups in total. The highest BCUT2D eigenvalue weighted by molar-refractivity contribution is 5.59. The van der Waals surface area contributed by atoms with Crippen LogP contribution < -0.4 is 5.32 Å². The molecule has 1 atom stereocenters. The molecule has 0 aliphatic carbocycles. The first kappa shape index (κ1) is 13.0. The molecule has 98 valence electrons. The van der Waals surface area contributed by atoms with E-state index in [9.17, 15) is 10.1 Å². The second-order valence-electron chi connectivity index (χ2n) is 4.34. The van der Waals surface area contributed by atoms with Gasteiger partial charge in [-0.3, -0.25) is 15.1 Å². The quantitative estimate of drug-likeness (QED) is 0.659. The van der Waals surface area contributed by atoms with E-state index in [0.29, 0.717) is 12.2 Å². The van der Waals surface area contributed by atoms with Gasteiger partial charge in [-0.15, -0.1) is 0 Å². The highest BCUT2D eigenvalue weighted by atomic mass is 16.6. The van der Waals surface area contributed by atoms with Crippen molar-refractivity contribution in [1.29, 1.82) is 0 Å². The lowest BCUT2D eigenvalue weighted by atomic mass is 10.0. The van der Waals surface area contributed by atoms with Crippen molar-refractivity contribution in [3.63, 3.8) is 0 Å². The molecule has 0 saturated heterocycles. The zero-order chi connectivity index (χ0) is 13.7. The maximum absolute atomic E-state index is 10.9. The SMILES string of the molecule is CC(CNc1ccncc1[N+](=O)[O-])c1ccccc1. The first-order valence-electron chi connectivity index (χ1n) is 6.05. The molecule has 0 amide bonds. The number of hydrogen-bond donors (Lipinski definition) is 1. The van der Waals surface area contributed by atoms with Gasteiger partial charge in [-0.2, -0.15) is 0 Å². The van der Waals surface area contributed by atoms with E-state index in [4.69, 9.17) is 0 Å². The molecule has 0 radical (unpaired) electrons. The molecule has 1 aromatic carbocycles. The third kappa shape index (κ3) is 3.28. The second kappa shape index (κ2) is 5.95. The van der Waals surface area contributed by atoms with Crippen molar-refractivity contribution in [3.05, 3.63) is 64.5 Å². The molecule has 0 aliphatic heterocycles. The normalized spacial score (nSPS) is 11.8. The van der Waals surface area contributed by atoms with Crippen LogP contribution in [0.5, 0.6) is 0 Å². The molecule has 0 spiro atoms. The van der Waals surface area contributed by atoms with Crippen LogP contribution in [0.15, 0.2) is 48.8 Å². The molecular weight excluding hydrogens is 242 g/mol. The van der Waals surface area contributed by atoms with Crippen LogP contribution in [-0.2, 0) is 0 Å². The van der Waals surface area contributed by atoms with Crippen LogP contribution in [0.4, 0.5) is 11.4 Å². The number of benzene rings is 1. The average Bonchev–Trinajstić information content (AvgIpc) is 2.46. The summed E-state index contributed by atoms with van der Waals surface area (Å²) in [6, 6.07) is 11.7. The third-order valence-electron chi connectivity index (χ3n) is 2.96. The van der Waals surface area contributed by atoms with Crippen LogP contribution in [-0.4, -0.2) is 16.5 Å². The van der Waals surface area contributed by atoms with Crippen molar-refractivity contribution in [2.24, 2.45) is 0 Å². The van der Waals surface area contributed by atoms with Gasteiger partial charge in [0, 0.05) is 12.7 Å². The Labute approximate surface area is 111 Å². The molecule has 5 nitrogen and oxygen atoms in total. The van der Waals surface area contributed by atoms with Crippen LogP contribution >= 0.6 is 0 Å². The molecule has 5 heteroatoms. The van der Waals surface area contributed by atoms with Gasteiger partial charge in [0.2, 0.25) is 0 Å². The number of anilines is 1. The molecule has 0 fully saturated rings. The van der Waals surface area contributed by atoms with E-state index < -0.39 is 4.92 Å². The molecule has 2 aromatic rings. The third-order valence-corrected chi connectivity index (χ3v) is 2.96. The molecule has 1 aromatic heterocycles. The summed E-state index contributed by atoms with van der Waals surface area (Å²) in [4.78, 5) is 14.2. The van der Waals surface area contributed by atoms with E-state index in [-0.39, 0.29) is 11.6 Å². The van der Waals surface area contributed by atoms with Crippen molar-refractivity contribution >= 4 is 11.4 Å².